The van der Waals surface area contributed by atoms with Crippen molar-refractivity contribution in [3.05, 3.63) is 101 Å². The normalized spacial score (nSPS) is 19.0. The minimum absolute atomic E-state index is 0.114. The highest BCUT2D eigenvalue weighted by molar-refractivity contribution is 5.67. The zero-order chi connectivity index (χ0) is 27.8. The Balaban J connectivity index is 1.04. The van der Waals surface area contributed by atoms with Crippen LogP contribution in [0.4, 0.5) is 4.39 Å². The number of rotatable bonds is 11. The number of ether oxygens (including phenoxy) is 3. The first-order chi connectivity index (χ1) is 19.4. The molecule has 2 fully saturated rings. The molecule has 1 spiro atoms. The fourth-order valence-electron chi connectivity index (χ4n) is 5.60. The zero-order valence-electron chi connectivity index (χ0n) is 22.9. The van der Waals surface area contributed by atoms with Gasteiger partial charge in [-0.1, -0.05) is 48.5 Å². The number of hydrogen-bond donors (Lipinski definition) is 1. The summed E-state index contributed by atoms with van der Waals surface area (Å²) in [5.41, 5.74) is 4.14. The molecule has 1 unspecified atom stereocenters. The van der Waals surface area contributed by atoms with Gasteiger partial charge in [-0.15, -0.1) is 0 Å². The third-order valence-electron chi connectivity index (χ3n) is 7.98. The number of aliphatic carboxylic acids is 1. The third-order valence-corrected chi connectivity index (χ3v) is 7.98. The first kappa shape index (κ1) is 28.3. The van der Waals surface area contributed by atoms with E-state index in [-0.39, 0.29) is 23.9 Å². The molecule has 2 heterocycles. The van der Waals surface area contributed by atoms with Crippen molar-refractivity contribution in [1.29, 1.82) is 0 Å². The van der Waals surface area contributed by atoms with Gasteiger partial charge in [0.05, 0.1) is 18.3 Å². The average molecular weight is 548 g/mol. The molecule has 0 aliphatic carbocycles. The SMILES string of the molecule is O=C(O)CCc1ccc(OCc2ccc(CN3CCC4(CC3)CC(OCc3cccc(F)c3)CCO4)cc2)cc1. The Morgan fingerprint density at radius 1 is 0.950 bits per heavy atom. The Morgan fingerprint density at radius 3 is 2.40 bits per heavy atom. The van der Waals surface area contributed by atoms with Crippen LogP contribution in [0.2, 0.25) is 0 Å². The van der Waals surface area contributed by atoms with Gasteiger partial charge in [-0.3, -0.25) is 9.69 Å². The van der Waals surface area contributed by atoms with E-state index in [0.717, 1.165) is 67.8 Å². The topological polar surface area (TPSA) is 68.2 Å². The van der Waals surface area contributed by atoms with Gasteiger partial charge in [-0.2, -0.15) is 0 Å². The number of halogens is 1. The lowest BCUT2D eigenvalue weighted by Gasteiger charge is -2.46. The molecule has 0 radical (unpaired) electrons. The van der Waals surface area contributed by atoms with Gasteiger partial charge in [0.1, 0.15) is 18.2 Å². The van der Waals surface area contributed by atoms with Crippen molar-refractivity contribution in [2.24, 2.45) is 0 Å². The molecule has 5 rings (SSSR count). The highest BCUT2D eigenvalue weighted by Crippen LogP contribution is 2.36. The number of likely N-dealkylation sites (tertiary alicyclic amines) is 1. The Kier molecular flexibility index (Phi) is 9.47. The Hall–Kier alpha value is -3.26. The lowest BCUT2D eigenvalue weighted by molar-refractivity contribution is -0.158. The summed E-state index contributed by atoms with van der Waals surface area (Å²) in [6, 6.07) is 22.8. The van der Waals surface area contributed by atoms with Gasteiger partial charge in [-0.05, 0) is 72.2 Å². The molecule has 0 saturated carbocycles. The van der Waals surface area contributed by atoms with Crippen LogP contribution in [0.1, 0.15) is 54.4 Å². The second-order valence-corrected chi connectivity index (χ2v) is 11.0. The summed E-state index contributed by atoms with van der Waals surface area (Å²) in [6.45, 7) is 4.53. The predicted octanol–water partition coefficient (Wildman–Crippen LogP) is 6.15. The second kappa shape index (κ2) is 13.4. The molecule has 0 amide bonds. The van der Waals surface area contributed by atoms with Gasteiger partial charge in [0.25, 0.3) is 0 Å². The van der Waals surface area contributed by atoms with E-state index in [1.54, 1.807) is 12.1 Å². The number of hydrogen-bond acceptors (Lipinski definition) is 5. The summed E-state index contributed by atoms with van der Waals surface area (Å²) in [4.78, 5) is 13.2. The van der Waals surface area contributed by atoms with Crippen molar-refractivity contribution in [3.8, 4) is 5.75 Å². The maximum atomic E-state index is 13.5. The van der Waals surface area contributed by atoms with Crippen LogP contribution < -0.4 is 4.74 Å². The monoisotopic (exact) mass is 547 g/mol. The maximum absolute atomic E-state index is 13.5. The summed E-state index contributed by atoms with van der Waals surface area (Å²) in [6.07, 6.45) is 4.57. The van der Waals surface area contributed by atoms with E-state index in [4.69, 9.17) is 19.3 Å². The Morgan fingerprint density at radius 2 is 1.68 bits per heavy atom. The first-order valence-electron chi connectivity index (χ1n) is 14.2. The van der Waals surface area contributed by atoms with Crippen LogP contribution in [0.15, 0.2) is 72.8 Å². The molecular formula is C33H38FNO5. The van der Waals surface area contributed by atoms with Crippen molar-refractivity contribution in [1.82, 2.24) is 4.90 Å². The van der Waals surface area contributed by atoms with Crippen LogP contribution in [0, 0.1) is 5.82 Å². The molecular weight excluding hydrogens is 509 g/mol. The van der Waals surface area contributed by atoms with Crippen molar-refractivity contribution in [2.45, 2.75) is 70.0 Å². The summed E-state index contributed by atoms with van der Waals surface area (Å²) in [5.74, 6) is -0.236. The van der Waals surface area contributed by atoms with Crippen molar-refractivity contribution in [2.75, 3.05) is 19.7 Å². The molecule has 2 saturated heterocycles. The molecule has 2 aliphatic heterocycles. The van der Waals surface area contributed by atoms with Crippen LogP contribution in [0.5, 0.6) is 5.75 Å². The van der Waals surface area contributed by atoms with Gasteiger partial charge < -0.3 is 19.3 Å². The number of piperidine rings is 1. The van der Waals surface area contributed by atoms with Crippen molar-refractivity contribution >= 4 is 5.97 Å². The second-order valence-electron chi connectivity index (χ2n) is 11.0. The van der Waals surface area contributed by atoms with Crippen LogP contribution in [0.25, 0.3) is 0 Å². The van der Waals surface area contributed by atoms with E-state index in [0.29, 0.717) is 26.2 Å². The van der Waals surface area contributed by atoms with Gasteiger partial charge in [-0.25, -0.2) is 4.39 Å². The molecule has 6 nitrogen and oxygen atoms in total. The summed E-state index contributed by atoms with van der Waals surface area (Å²) in [5, 5.41) is 8.82. The van der Waals surface area contributed by atoms with E-state index in [1.165, 1.54) is 11.6 Å². The number of carboxylic acid groups (broad SMARTS) is 1. The quantitative estimate of drug-likeness (QED) is 0.311. The van der Waals surface area contributed by atoms with Gasteiger partial charge >= 0.3 is 5.97 Å². The molecule has 1 N–H and O–H groups in total. The van der Waals surface area contributed by atoms with E-state index in [9.17, 15) is 9.18 Å². The highest BCUT2D eigenvalue weighted by atomic mass is 19.1. The molecule has 212 valence electrons. The molecule has 0 bridgehead atoms. The molecule has 3 aromatic rings. The number of carboxylic acids is 1. The van der Waals surface area contributed by atoms with E-state index in [2.05, 4.69) is 29.2 Å². The fraction of sp³-hybridized carbons (Fsp3) is 0.424. The van der Waals surface area contributed by atoms with Crippen LogP contribution >= 0.6 is 0 Å². The van der Waals surface area contributed by atoms with Crippen LogP contribution in [-0.4, -0.2) is 47.4 Å². The lowest BCUT2D eigenvalue weighted by Crippen LogP contribution is -2.50. The summed E-state index contributed by atoms with van der Waals surface area (Å²) in [7, 11) is 0. The standard InChI is InChI=1S/C33H38FNO5/c34-29-3-1-2-28(20-29)24-39-31-14-19-40-33(21-31)15-17-35(18-16-33)22-26-4-6-27(7-5-26)23-38-30-11-8-25(9-12-30)10-13-32(36)37/h1-9,11-12,20,31H,10,13-19,21-24H2,(H,36,37). The maximum Gasteiger partial charge on any atom is 0.303 e. The Labute approximate surface area is 235 Å². The summed E-state index contributed by atoms with van der Waals surface area (Å²) >= 11 is 0. The predicted molar refractivity (Wildman–Crippen MR) is 151 cm³/mol. The molecule has 1 atom stereocenters. The largest absolute Gasteiger partial charge is 0.489 e. The minimum Gasteiger partial charge on any atom is -0.489 e. The molecule has 2 aliphatic rings. The van der Waals surface area contributed by atoms with E-state index < -0.39 is 5.97 Å². The number of nitrogens with zero attached hydrogens (tertiary/aromatic N) is 1. The van der Waals surface area contributed by atoms with Gasteiger partial charge in [0.2, 0.25) is 0 Å². The number of benzene rings is 3. The number of aryl methyl sites for hydroxylation is 1. The Bertz CT molecular complexity index is 1240. The molecule has 40 heavy (non-hydrogen) atoms. The number of carbonyl (C=O) groups is 1. The summed E-state index contributed by atoms with van der Waals surface area (Å²) < 4.78 is 31.9. The molecule has 7 heteroatoms. The molecule has 0 aromatic heterocycles. The zero-order valence-corrected chi connectivity index (χ0v) is 22.9. The van der Waals surface area contributed by atoms with Gasteiger partial charge in [0.15, 0.2) is 0 Å². The first-order valence-corrected chi connectivity index (χ1v) is 14.2. The van der Waals surface area contributed by atoms with Crippen LogP contribution in [-0.2, 0) is 40.4 Å². The smallest absolute Gasteiger partial charge is 0.303 e. The van der Waals surface area contributed by atoms with Crippen molar-refractivity contribution < 1.29 is 28.5 Å². The lowest BCUT2D eigenvalue weighted by atomic mass is 9.83. The molecule has 3 aromatic carbocycles. The van der Waals surface area contributed by atoms with Gasteiger partial charge in [0, 0.05) is 39.1 Å². The highest BCUT2D eigenvalue weighted by Gasteiger charge is 2.40. The van der Waals surface area contributed by atoms with E-state index in [1.807, 2.05) is 30.3 Å². The fourth-order valence-corrected chi connectivity index (χ4v) is 5.60. The van der Waals surface area contributed by atoms with E-state index >= 15 is 0 Å². The minimum atomic E-state index is -0.787. The third kappa shape index (κ3) is 8.13. The van der Waals surface area contributed by atoms with Crippen LogP contribution in [0.3, 0.4) is 0 Å². The average Bonchev–Trinajstić information content (AvgIpc) is 2.97. The van der Waals surface area contributed by atoms with Crippen molar-refractivity contribution in [3.63, 3.8) is 0 Å².